The van der Waals surface area contributed by atoms with Crippen LogP contribution in [-0.2, 0) is 9.53 Å². The minimum atomic E-state index is 0.0913. The second-order valence-electron chi connectivity index (χ2n) is 5.14. The van der Waals surface area contributed by atoms with Crippen molar-refractivity contribution in [1.82, 2.24) is 9.88 Å². The van der Waals surface area contributed by atoms with Crippen molar-refractivity contribution in [2.24, 2.45) is 5.92 Å². The SMILES string of the molecule is Cc1csc(N2CCN(C(=O)C3CCOC3)CC2)n1. The van der Waals surface area contributed by atoms with Gasteiger partial charge in [0.25, 0.3) is 0 Å². The molecule has 5 nitrogen and oxygen atoms in total. The molecular weight excluding hydrogens is 262 g/mol. The molecule has 0 spiro atoms. The number of rotatable bonds is 2. The highest BCUT2D eigenvalue weighted by Crippen LogP contribution is 2.22. The Bertz CT molecular complexity index is 448. The summed E-state index contributed by atoms with van der Waals surface area (Å²) in [6, 6.07) is 0. The average molecular weight is 281 g/mol. The Balaban J connectivity index is 1.55. The van der Waals surface area contributed by atoms with E-state index in [1.807, 2.05) is 11.8 Å². The minimum absolute atomic E-state index is 0.0913. The van der Waals surface area contributed by atoms with Gasteiger partial charge in [0.05, 0.1) is 18.2 Å². The van der Waals surface area contributed by atoms with E-state index in [0.29, 0.717) is 6.61 Å². The molecule has 3 heterocycles. The molecule has 1 aromatic heterocycles. The molecule has 0 radical (unpaired) electrons. The highest BCUT2D eigenvalue weighted by molar-refractivity contribution is 7.13. The minimum Gasteiger partial charge on any atom is -0.381 e. The zero-order valence-corrected chi connectivity index (χ0v) is 12.0. The van der Waals surface area contributed by atoms with Crippen molar-refractivity contribution in [3.05, 3.63) is 11.1 Å². The number of nitrogens with zero attached hydrogens (tertiary/aromatic N) is 3. The van der Waals surface area contributed by atoms with Crippen LogP contribution >= 0.6 is 11.3 Å². The molecule has 2 aliphatic heterocycles. The fourth-order valence-electron chi connectivity index (χ4n) is 2.59. The van der Waals surface area contributed by atoms with Crippen LogP contribution in [0.15, 0.2) is 5.38 Å². The lowest BCUT2D eigenvalue weighted by atomic mass is 10.1. The number of carbonyl (C=O) groups excluding carboxylic acids is 1. The van der Waals surface area contributed by atoms with Gasteiger partial charge in [0.2, 0.25) is 5.91 Å². The molecular formula is C13H19N3O2S. The van der Waals surface area contributed by atoms with Crippen LogP contribution in [0.3, 0.4) is 0 Å². The summed E-state index contributed by atoms with van der Waals surface area (Å²) in [5, 5.41) is 3.15. The van der Waals surface area contributed by atoms with Crippen molar-refractivity contribution in [3.63, 3.8) is 0 Å². The molecule has 2 aliphatic rings. The molecule has 0 aromatic carbocycles. The van der Waals surface area contributed by atoms with Crippen LogP contribution in [0.1, 0.15) is 12.1 Å². The fraction of sp³-hybridized carbons (Fsp3) is 0.692. The maximum Gasteiger partial charge on any atom is 0.228 e. The van der Waals surface area contributed by atoms with Crippen LogP contribution in [0.5, 0.6) is 0 Å². The van der Waals surface area contributed by atoms with Gasteiger partial charge in [-0.05, 0) is 13.3 Å². The summed E-state index contributed by atoms with van der Waals surface area (Å²) >= 11 is 1.68. The number of piperazine rings is 1. The third kappa shape index (κ3) is 2.74. The number of hydrogen-bond donors (Lipinski definition) is 0. The fourth-order valence-corrected chi connectivity index (χ4v) is 3.45. The molecule has 1 atom stereocenters. The molecule has 2 fully saturated rings. The third-order valence-corrected chi connectivity index (χ3v) is 4.77. The van der Waals surface area contributed by atoms with Gasteiger partial charge in [-0.3, -0.25) is 4.79 Å². The first-order valence-electron chi connectivity index (χ1n) is 6.77. The van der Waals surface area contributed by atoms with Crippen LogP contribution in [-0.4, -0.2) is 55.2 Å². The molecule has 1 aromatic rings. The molecule has 19 heavy (non-hydrogen) atoms. The van der Waals surface area contributed by atoms with Crippen LogP contribution in [0.2, 0.25) is 0 Å². The highest BCUT2D eigenvalue weighted by atomic mass is 32.1. The van der Waals surface area contributed by atoms with E-state index in [1.165, 1.54) is 0 Å². The summed E-state index contributed by atoms with van der Waals surface area (Å²) in [5.41, 5.74) is 1.07. The predicted octanol–water partition coefficient (Wildman–Crippen LogP) is 1.14. The molecule has 0 saturated carbocycles. The summed E-state index contributed by atoms with van der Waals surface area (Å²) in [6.07, 6.45) is 0.880. The summed E-state index contributed by atoms with van der Waals surface area (Å²) in [6.45, 7) is 6.71. The number of hydrogen-bond acceptors (Lipinski definition) is 5. The number of carbonyl (C=O) groups is 1. The molecule has 104 valence electrons. The maximum absolute atomic E-state index is 12.3. The molecule has 0 bridgehead atoms. The summed E-state index contributed by atoms with van der Waals surface area (Å²) in [7, 11) is 0. The average Bonchev–Trinajstić information content (AvgIpc) is 3.09. The molecule has 3 rings (SSSR count). The van der Waals surface area contributed by atoms with E-state index < -0.39 is 0 Å². The number of aryl methyl sites for hydroxylation is 1. The van der Waals surface area contributed by atoms with Crippen LogP contribution < -0.4 is 4.90 Å². The summed E-state index contributed by atoms with van der Waals surface area (Å²) in [4.78, 5) is 21.0. The Labute approximate surface area is 117 Å². The second-order valence-corrected chi connectivity index (χ2v) is 5.98. The van der Waals surface area contributed by atoms with Gasteiger partial charge in [0, 0.05) is 38.2 Å². The van der Waals surface area contributed by atoms with Crippen molar-refractivity contribution in [2.45, 2.75) is 13.3 Å². The normalized spacial score (nSPS) is 23.9. The van der Waals surface area contributed by atoms with E-state index in [-0.39, 0.29) is 11.8 Å². The predicted molar refractivity (Wildman–Crippen MR) is 74.6 cm³/mol. The van der Waals surface area contributed by atoms with Gasteiger partial charge in [0.1, 0.15) is 0 Å². The van der Waals surface area contributed by atoms with Crippen molar-refractivity contribution in [2.75, 3.05) is 44.3 Å². The number of anilines is 1. The smallest absolute Gasteiger partial charge is 0.228 e. The summed E-state index contributed by atoms with van der Waals surface area (Å²) < 4.78 is 5.30. The van der Waals surface area contributed by atoms with Crippen LogP contribution in [0, 0.1) is 12.8 Å². The monoisotopic (exact) mass is 281 g/mol. The Morgan fingerprint density at radius 1 is 1.42 bits per heavy atom. The lowest BCUT2D eigenvalue weighted by molar-refractivity contribution is -0.135. The summed E-state index contributed by atoms with van der Waals surface area (Å²) in [5.74, 6) is 0.362. The molecule has 6 heteroatoms. The number of thiazole rings is 1. The number of ether oxygens (including phenoxy) is 1. The third-order valence-electron chi connectivity index (χ3n) is 3.75. The van der Waals surface area contributed by atoms with Crippen LogP contribution in [0.4, 0.5) is 5.13 Å². The topological polar surface area (TPSA) is 45.7 Å². The first-order valence-corrected chi connectivity index (χ1v) is 7.65. The van der Waals surface area contributed by atoms with Crippen molar-refractivity contribution >= 4 is 22.4 Å². The highest BCUT2D eigenvalue weighted by Gasteiger charge is 2.30. The molecule has 2 saturated heterocycles. The zero-order chi connectivity index (χ0) is 13.2. The van der Waals surface area contributed by atoms with Crippen molar-refractivity contribution in [3.8, 4) is 0 Å². The van der Waals surface area contributed by atoms with Crippen molar-refractivity contribution in [1.29, 1.82) is 0 Å². The van der Waals surface area contributed by atoms with Gasteiger partial charge >= 0.3 is 0 Å². The largest absolute Gasteiger partial charge is 0.381 e. The van der Waals surface area contributed by atoms with E-state index in [4.69, 9.17) is 4.74 Å². The quantitative estimate of drug-likeness (QED) is 0.815. The number of aromatic nitrogens is 1. The van der Waals surface area contributed by atoms with E-state index >= 15 is 0 Å². The molecule has 0 N–H and O–H groups in total. The van der Waals surface area contributed by atoms with E-state index in [0.717, 1.165) is 50.0 Å². The first kappa shape index (κ1) is 12.9. The number of amides is 1. The molecule has 1 unspecified atom stereocenters. The Morgan fingerprint density at radius 2 is 2.21 bits per heavy atom. The van der Waals surface area contributed by atoms with Gasteiger partial charge in [-0.25, -0.2) is 4.98 Å². The Hall–Kier alpha value is -1.14. The maximum atomic E-state index is 12.3. The van der Waals surface area contributed by atoms with Gasteiger partial charge in [0.15, 0.2) is 5.13 Å². The lowest BCUT2D eigenvalue weighted by Gasteiger charge is -2.35. The van der Waals surface area contributed by atoms with Gasteiger partial charge in [-0.15, -0.1) is 11.3 Å². The second kappa shape index (κ2) is 5.46. The molecule has 0 aliphatic carbocycles. The van der Waals surface area contributed by atoms with Crippen LogP contribution in [0.25, 0.3) is 0 Å². The van der Waals surface area contributed by atoms with Gasteiger partial charge in [-0.2, -0.15) is 0 Å². The Morgan fingerprint density at radius 3 is 2.79 bits per heavy atom. The van der Waals surface area contributed by atoms with E-state index in [9.17, 15) is 4.79 Å². The van der Waals surface area contributed by atoms with Gasteiger partial charge < -0.3 is 14.5 Å². The first-order chi connectivity index (χ1) is 9.24. The van der Waals surface area contributed by atoms with E-state index in [1.54, 1.807) is 11.3 Å². The zero-order valence-electron chi connectivity index (χ0n) is 11.2. The van der Waals surface area contributed by atoms with Gasteiger partial charge in [-0.1, -0.05) is 0 Å². The van der Waals surface area contributed by atoms with Crippen molar-refractivity contribution < 1.29 is 9.53 Å². The lowest BCUT2D eigenvalue weighted by Crippen LogP contribution is -2.50. The molecule has 1 amide bonds. The Kier molecular flexibility index (Phi) is 3.70. The van der Waals surface area contributed by atoms with E-state index in [2.05, 4.69) is 15.3 Å². The standard InChI is InChI=1S/C13H19N3O2S/c1-10-9-19-13(14-10)16-5-3-15(4-6-16)12(17)11-2-7-18-8-11/h9,11H,2-8H2,1H3.